The van der Waals surface area contributed by atoms with Crippen LogP contribution in [0.4, 0.5) is 5.95 Å². The second-order valence-electron chi connectivity index (χ2n) is 3.11. The van der Waals surface area contributed by atoms with Gasteiger partial charge in [0.2, 0.25) is 5.95 Å². The van der Waals surface area contributed by atoms with Crippen LogP contribution in [0.2, 0.25) is 0 Å². The number of imidazole rings is 1. The molecule has 80 valence electrons. The smallest absolute Gasteiger partial charge is 0.203 e. The molecule has 15 heavy (non-hydrogen) atoms. The topological polar surface area (TPSA) is 29.9 Å². The van der Waals surface area contributed by atoms with E-state index in [0.29, 0.717) is 0 Å². The molecule has 0 aliphatic rings. The Labute approximate surface area is 101 Å². The fraction of sp³-hybridized carbons (Fsp3) is 0.300. The summed E-state index contributed by atoms with van der Waals surface area (Å²) in [7, 11) is 0. The summed E-state index contributed by atoms with van der Waals surface area (Å²) < 4.78 is 3.28. The quantitative estimate of drug-likeness (QED) is 0.935. The van der Waals surface area contributed by atoms with Crippen LogP contribution in [0, 0.1) is 0 Å². The second kappa shape index (κ2) is 4.81. The lowest BCUT2D eigenvalue weighted by molar-refractivity contribution is 0.812. The van der Waals surface area contributed by atoms with Crippen LogP contribution >= 0.6 is 27.3 Å². The van der Waals surface area contributed by atoms with Crippen molar-refractivity contribution >= 4 is 33.2 Å². The number of thiophene rings is 1. The Bertz CT molecular complexity index is 435. The van der Waals surface area contributed by atoms with Gasteiger partial charge in [0.15, 0.2) is 0 Å². The maximum atomic E-state index is 4.25. The molecule has 0 aromatic carbocycles. The van der Waals surface area contributed by atoms with Crippen molar-refractivity contribution < 1.29 is 0 Å². The van der Waals surface area contributed by atoms with Gasteiger partial charge in [0, 0.05) is 23.8 Å². The van der Waals surface area contributed by atoms with Gasteiger partial charge >= 0.3 is 0 Å². The highest BCUT2D eigenvalue weighted by atomic mass is 79.9. The average molecular weight is 286 g/mol. The van der Waals surface area contributed by atoms with Gasteiger partial charge in [-0.25, -0.2) is 4.98 Å². The monoisotopic (exact) mass is 285 g/mol. The summed E-state index contributed by atoms with van der Waals surface area (Å²) in [6.07, 6.45) is 3.81. The molecule has 2 heterocycles. The van der Waals surface area contributed by atoms with Crippen LogP contribution in [0.3, 0.4) is 0 Å². The van der Waals surface area contributed by atoms with Crippen molar-refractivity contribution in [3.8, 4) is 0 Å². The molecular weight excluding hydrogens is 274 g/mol. The first-order valence-electron chi connectivity index (χ1n) is 4.79. The molecule has 2 aromatic rings. The van der Waals surface area contributed by atoms with Gasteiger partial charge in [0.05, 0.1) is 10.3 Å². The van der Waals surface area contributed by atoms with Crippen molar-refractivity contribution in [3.63, 3.8) is 0 Å². The van der Waals surface area contributed by atoms with Crippen molar-refractivity contribution in [1.29, 1.82) is 0 Å². The predicted octanol–water partition coefficient (Wildman–Crippen LogP) is 3.19. The first-order valence-corrected chi connectivity index (χ1v) is 6.39. The zero-order valence-corrected chi connectivity index (χ0v) is 10.8. The normalized spacial score (nSPS) is 10.5. The summed E-state index contributed by atoms with van der Waals surface area (Å²) >= 11 is 5.22. The minimum Gasteiger partial charge on any atom is -0.356 e. The molecule has 0 saturated heterocycles. The molecule has 0 atom stereocenters. The highest BCUT2D eigenvalue weighted by Crippen LogP contribution is 2.23. The molecule has 3 nitrogen and oxygen atoms in total. The number of aromatic nitrogens is 2. The summed E-state index contributed by atoms with van der Waals surface area (Å²) in [5, 5.41) is 3.23. The van der Waals surface area contributed by atoms with Gasteiger partial charge < -0.3 is 9.88 Å². The van der Waals surface area contributed by atoms with E-state index >= 15 is 0 Å². The summed E-state index contributed by atoms with van der Waals surface area (Å²) in [5.74, 6) is 0.932. The molecule has 0 fully saturated rings. The number of anilines is 1. The number of hydrogen-bond donors (Lipinski definition) is 1. The molecule has 0 saturated carbocycles. The van der Waals surface area contributed by atoms with Crippen LogP contribution in [-0.2, 0) is 6.54 Å². The Morgan fingerprint density at radius 3 is 3.07 bits per heavy atom. The Balaban J connectivity index is 2.13. The maximum Gasteiger partial charge on any atom is 0.203 e. The zero-order chi connectivity index (χ0) is 10.7. The molecule has 0 bridgehead atoms. The Kier molecular flexibility index (Phi) is 3.43. The van der Waals surface area contributed by atoms with Gasteiger partial charge in [-0.05, 0) is 35.0 Å². The maximum absolute atomic E-state index is 4.25. The van der Waals surface area contributed by atoms with Crippen molar-refractivity contribution in [2.45, 2.75) is 13.5 Å². The Hall–Kier alpha value is -0.810. The van der Waals surface area contributed by atoms with Gasteiger partial charge in [-0.2, -0.15) is 0 Å². The highest BCUT2D eigenvalue weighted by molar-refractivity contribution is 9.11. The first kappa shape index (κ1) is 10.7. The van der Waals surface area contributed by atoms with E-state index in [2.05, 4.69) is 49.9 Å². The van der Waals surface area contributed by atoms with Crippen LogP contribution in [-0.4, -0.2) is 16.1 Å². The average Bonchev–Trinajstić information content (AvgIpc) is 2.78. The molecule has 0 unspecified atom stereocenters. The molecule has 0 radical (unpaired) electrons. The van der Waals surface area contributed by atoms with E-state index in [1.54, 1.807) is 11.3 Å². The van der Waals surface area contributed by atoms with Gasteiger partial charge in [0.1, 0.15) is 0 Å². The van der Waals surface area contributed by atoms with Gasteiger partial charge in [-0.1, -0.05) is 0 Å². The molecule has 1 N–H and O–H groups in total. The lowest BCUT2D eigenvalue weighted by atomic mass is 10.4. The first-order chi connectivity index (χ1) is 7.29. The predicted molar refractivity (Wildman–Crippen MR) is 67.5 cm³/mol. The van der Waals surface area contributed by atoms with E-state index < -0.39 is 0 Å². The lowest BCUT2D eigenvalue weighted by Gasteiger charge is -2.06. The summed E-state index contributed by atoms with van der Waals surface area (Å²) in [6, 6.07) is 4.20. The number of halogens is 1. The molecule has 0 aliphatic carbocycles. The molecular formula is C10H12BrN3S. The standard InChI is InChI=1S/C10H12BrN3S/c1-2-12-10-13-5-6-14(10)7-8-3-4-9(11)15-8/h3-6H,2,7H2,1H3,(H,12,13). The zero-order valence-electron chi connectivity index (χ0n) is 8.40. The Morgan fingerprint density at radius 2 is 2.40 bits per heavy atom. The van der Waals surface area contributed by atoms with Crippen molar-refractivity contribution in [2.75, 3.05) is 11.9 Å². The van der Waals surface area contributed by atoms with E-state index in [4.69, 9.17) is 0 Å². The van der Waals surface area contributed by atoms with E-state index in [0.717, 1.165) is 19.0 Å². The third-order valence-corrected chi connectivity index (χ3v) is 3.61. The number of rotatable bonds is 4. The van der Waals surface area contributed by atoms with Crippen LogP contribution in [0.15, 0.2) is 28.3 Å². The molecule has 0 amide bonds. The molecule has 0 spiro atoms. The summed E-state index contributed by atoms with van der Waals surface area (Å²) in [6.45, 7) is 3.84. The fourth-order valence-electron chi connectivity index (χ4n) is 1.37. The fourth-order valence-corrected chi connectivity index (χ4v) is 2.85. The van der Waals surface area contributed by atoms with Crippen LogP contribution in [0.5, 0.6) is 0 Å². The Morgan fingerprint density at radius 1 is 1.53 bits per heavy atom. The molecule has 2 rings (SSSR count). The van der Waals surface area contributed by atoms with Gasteiger partial charge in [0.25, 0.3) is 0 Å². The number of nitrogens with zero attached hydrogens (tertiary/aromatic N) is 2. The minimum absolute atomic E-state index is 0.874. The third-order valence-electron chi connectivity index (χ3n) is 2.01. The van der Waals surface area contributed by atoms with Crippen LogP contribution < -0.4 is 5.32 Å². The van der Waals surface area contributed by atoms with E-state index in [1.807, 2.05) is 12.4 Å². The van der Waals surface area contributed by atoms with Crippen LogP contribution in [0.25, 0.3) is 0 Å². The van der Waals surface area contributed by atoms with Crippen molar-refractivity contribution in [1.82, 2.24) is 9.55 Å². The molecule has 2 aromatic heterocycles. The lowest BCUT2D eigenvalue weighted by Crippen LogP contribution is -2.06. The minimum atomic E-state index is 0.874. The largest absolute Gasteiger partial charge is 0.356 e. The number of nitrogens with one attached hydrogen (secondary N) is 1. The SMILES string of the molecule is CCNc1nccn1Cc1ccc(Br)s1. The van der Waals surface area contributed by atoms with E-state index in [9.17, 15) is 0 Å². The van der Waals surface area contributed by atoms with E-state index in [1.165, 1.54) is 8.66 Å². The summed E-state index contributed by atoms with van der Waals surface area (Å²) in [5.41, 5.74) is 0. The summed E-state index contributed by atoms with van der Waals surface area (Å²) in [4.78, 5) is 5.57. The van der Waals surface area contributed by atoms with E-state index in [-0.39, 0.29) is 0 Å². The van der Waals surface area contributed by atoms with Crippen molar-refractivity contribution in [2.24, 2.45) is 0 Å². The van der Waals surface area contributed by atoms with Gasteiger partial charge in [-0.15, -0.1) is 11.3 Å². The molecule has 0 aliphatic heterocycles. The second-order valence-corrected chi connectivity index (χ2v) is 5.66. The highest BCUT2D eigenvalue weighted by Gasteiger charge is 2.03. The third kappa shape index (κ3) is 2.60. The van der Waals surface area contributed by atoms with Crippen LogP contribution in [0.1, 0.15) is 11.8 Å². The number of hydrogen-bond acceptors (Lipinski definition) is 3. The van der Waals surface area contributed by atoms with Crippen molar-refractivity contribution in [3.05, 3.63) is 33.2 Å². The van der Waals surface area contributed by atoms with Gasteiger partial charge in [-0.3, -0.25) is 0 Å². The molecule has 5 heteroatoms.